The van der Waals surface area contributed by atoms with Crippen molar-refractivity contribution in [2.45, 2.75) is 0 Å². The number of benzene rings is 2. The molecule has 0 unspecified atom stereocenters. The summed E-state index contributed by atoms with van der Waals surface area (Å²) in [5.74, 6) is -4.08. The van der Waals surface area contributed by atoms with Crippen LogP contribution in [-0.4, -0.2) is 11.8 Å². The molecular formula is C20H11F3N2O2S. The molecule has 4 nitrogen and oxygen atoms in total. The molecule has 0 saturated carbocycles. The SMILES string of the molecule is O=C1C(Nc2ccc(F)c(F)c2)=C(c2cccs2)C(=O)N1c1cccc(F)c1. The molecule has 1 aliphatic heterocycles. The molecule has 8 heteroatoms. The minimum absolute atomic E-state index is 0.0751. The summed E-state index contributed by atoms with van der Waals surface area (Å²) in [7, 11) is 0. The van der Waals surface area contributed by atoms with Gasteiger partial charge in [0, 0.05) is 16.6 Å². The highest BCUT2D eigenvalue weighted by molar-refractivity contribution is 7.11. The molecule has 2 aromatic carbocycles. The van der Waals surface area contributed by atoms with E-state index in [1.54, 1.807) is 17.5 Å². The van der Waals surface area contributed by atoms with E-state index >= 15 is 0 Å². The second kappa shape index (κ2) is 6.97. The Balaban J connectivity index is 1.80. The van der Waals surface area contributed by atoms with Gasteiger partial charge in [0.15, 0.2) is 11.6 Å². The first kappa shape index (κ1) is 18.0. The van der Waals surface area contributed by atoms with Gasteiger partial charge in [-0.3, -0.25) is 9.59 Å². The van der Waals surface area contributed by atoms with Crippen LogP contribution in [0.15, 0.2) is 65.7 Å². The van der Waals surface area contributed by atoms with E-state index in [1.165, 1.54) is 35.6 Å². The lowest BCUT2D eigenvalue weighted by Gasteiger charge is -2.15. The molecule has 140 valence electrons. The van der Waals surface area contributed by atoms with Crippen LogP contribution in [0.3, 0.4) is 0 Å². The molecular weight excluding hydrogens is 389 g/mol. The first-order valence-corrected chi connectivity index (χ1v) is 8.98. The van der Waals surface area contributed by atoms with Crippen molar-refractivity contribution < 1.29 is 22.8 Å². The number of thiophene rings is 1. The van der Waals surface area contributed by atoms with E-state index in [0.29, 0.717) is 4.88 Å². The Bertz CT molecular complexity index is 1130. The predicted octanol–water partition coefficient (Wildman–Crippen LogP) is 4.56. The van der Waals surface area contributed by atoms with Gasteiger partial charge in [0.05, 0.1) is 11.3 Å². The van der Waals surface area contributed by atoms with Gasteiger partial charge in [-0.05, 0) is 41.8 Å². The van der Waals surface area contributed by atoms with E-state index in [-0.39, 0.29) is 22.6 Å². The summed E-state index contributed by atoms with van der Waals surface area (Å²) < 4.78 is 40.4. The van der Waals surface area contributed by atoms with E-state index in [9.17, 15) is 22.8 Å². The van der Waals surface area contributed by atoms with Crippen molar-refractivity contribution in [3.8, 4) is 0 Å². The number of imide groups is 1. The molecule has 0 bridgehead atoms. The number of hydrogen-bond donors (Lipinski definition) is 1. The molecule has 2 heterocycles. The van der Waals surface area contributed by atoms with Crippen molar-refractivity contribution in [2.75, 3.05) is 10.2 Å². The van der Waals surface area contributed by atoms with Gasteiger partial charge in [0.1, 0.15) is 11.5 Å². The Kier molecular flexibility index (Phi) is 4.48. The minimum atomic E-state index is -1.10. The van der Waals surface area contributed by atoms with Gasteiger partial charge >= 0.3 is 0 Å². The van der Waals surface area contributed by atoms with Crippen LogP contribution in [0.25, 0.3) is 5.57 Å². The van der Waals surface area contributed by atoms with Crippen molar-refractivity contribution in [1.82, 2.24) is 0 Å². The first-order chi connectivity index (χ1) is 13.5. The number of halogens is 3. The summed E-state index contributed by atoms with van der Waals surface area (Å²) in [4.78, 5) is 27.4. The highest BCUT2D eigenvalue weighted by Crippen LogP contribution is 2.35. The molecule has 0 saturated heterocycles. The van der Waals surface area contributed by atoms with Crippen LogP contribution in [0.2, 0.25) is 0 Å². The summed E-state index contributed by atoms with van der Waals surface area (Å²) in [5, 5.41) is 4.45. The predicted molar refractivity (Wildman–Crippen MR) is 100 cm³/mol. The standard InChI is InChI=1S/C20H11F3N2O2S/c21-11-3-1-4-13(9-11)25-19(26)17(16-5-2-8-28-16)18(20(25)27)24-12-6-7-14(22)15(23)10-12/h1-10,24H. The second-order valence-corrected chi connectivity index (χ2v) is 6.85. The van der Waals surface area contributed by atoms with Crippen molar-refractivity contribution >= 4 is 40.1 Å². The molecule has 1 N–H and O–H groups in total. The first-order valence-electron chi connectivity index (χ1n) is 8.10. The molecule has 0 radical (unpaired) electrons. The molecule has 0 aliphatic carbocycles. The summed E-state index contributed by atoms with van der Waals surface area (Å²) in [5.41, 5.74) is 0.160. The van der Waals surface area contributed by atoms with Crippen molar-refractivity contribution in [3.05, 3.63) is 88.0 Å². The average molecular weight is 400 g/mol. The maximum absolute atomic E-state index is 13.6. The lowest BCUT2D eigenvalue weighted by Crippen LogP contribution is -2.32. The highest BCUT2D eigenvalue weighted by atomic mass is 32.1. The van der Waals surface area contributed by atoms with Crippen molar-refractivity contribution in [1.29, 1.82) is 0 Å². The number of hydrogen-bond acceptors (Lipinski definition) is 4. The van der Waals surface area contributed by atoms with Crippen LogP contribution in [-0.2, 0) is 9.59 Å². The molecule has 0 spiro atoms. The molecule has 1 aromatic heterocycles. The monoisotopic (exact) mass is 400 g/mol. The topological polar surface area (TPSA) is 49.4 Å². The Morgan fingerprint density at radius 1 is 0.857 bits per heavy atom. The van der Waals surface area contributed by atoms with Gasteiger partial charge in [-0.2, -0.15) is 0 Å². The van der Waals surface area contributed by atoms with E-state index in [2.05, 4.69) is 5.32 Å². The summed E-state index contributed by atoms with van der Waals surface area (Å²) in [6, 6.07) is 11.5. The van der Waals surface area contributed by atoms with Crippen LogP contribution in [0.5, 0.6) is 0 Å². The second-order valence-electron chi connectivity index (χ2n) is 5.91. The lowest BCUT2D eigenvalue weighted by molar-refractivity contribution is -0.120. The van der Waals surface area contributed by atoms with Gasteiger partial charge in [0.2, 0.25) is 0 Å². The van der Waals surface area contributed by atoms with Crippen molar-refractivity contribution in [2.24, 2.45) is 0 Å². The lowest BCUT2D eigenvalue weighted by atomic mass is 10.2. The van der Waals surface area contributed by atoms with Crippen LogP contribution < -0.4 is 10.2 Å². The van der Waals surface area contributed by atoms with Gasteiger partial charge in [-0.1, -0.05) is 12.1 Å². The number of nitrogens with zero attached hydrogens (tertiary/aromatic N) is 1. The number of rotatable bonds is 4. The Labute approximate surface area is 161 Å². The maximum atomic E-state index is 13.6. The molecule has 3 aromatic rings. The van der Waals surface area contributed by atoms with Crippen LogP contribution >= 0.6 is 11.3 Å². The number of carbonyl (C=O) groups excluding carboxylic acids is 2. The van der Waals surface area contributed by atoms with Gasteiger partial charge in [0.25, 0.3) is 11.8 Å². The summed E-state index contributed by atoms with van der Waals surface area (Å²) in [6.45, 7) is 0. The van der Waals surface area contributed by atoms with Gasteiger partial charge in [-0.15, -0.1) is 11.3 Å². The number of carbonyl (C=O) groups is 2. The summed E-state index contributed by atoms with van der Waals surface area (Å²) in [6.07, 6.45) is 0. The number of amides is 2. The average Bonchev–Trinajstić information content (AvgIpc) is 3.25. The van der Waals surface area contributed by atoms with E-state index < -0.39 is 29.3 Å². The third kappa shape index (κ3) is 3.07. The fourth-order valence-corrected chi connectivity index (χ4v) is 3.63. The van der Waals surface area contributed by atoms with Gasteiger partial charge < -0.3 is 5.32 Å². The Hall–Kier alpha value is -3.39. The molecule has 0 fully saturated rings. The van der Waals surface area contributed by atoms with Crippen LogP contribution in [0.1, 0.15) is 4.88 Å². The molecule has 28 heavy (non-hydrogen) atoms. The van der Waals surface area contributed by atoms with E-state index in [4.69, 9.17) is 0 Å². The molecule has 4 rings (SSSR count). The number of nitrogens with one attached hydrogen (secondary N) is 1. The zero-order chi connectivity index (χ0) is 19.8. The normalized spacial score (nSPS) is 14.2. The zero-order valence-corrected chi connectivity index (χ0v) is 14.9. The quantitative estimate of drug-likeness (QED) is 0.653. The fourth-order valence-electron chi connectivity index (χ4n) is 2.86. The molecule has 2 amide bonds. The van der Waals surface area contributed by atoms with Gasteiger partial charge in [-0.25, -0.2) is 18.1 Å². The van der Waals surface area contributed by atoms with E-state index in [0.717, 1.165) is 23.1 Å². The largest absolute Gasteiger partial charge is 0.350 e. The highest BCUT2D eigenvalue weighted by Gasteiger charge is 2.40. The van der Waals surface area contributed by atoms with E-state index in [1.807, 2.05) is 0 Å². The maximum Gasteiger partial charge on any atom is 0.282 e. The molecule has 1 aliphatic rings. The van der Waals surface area contributed by atoms with Crippen LogP contribution in [0, 0.1) is 17.5 Å². The number of anilines is 2. The Morgan fingerprint density at radius 3 is 2.36 bits per heavy atom. The minimum Gasteiger partial charge on any atom is -0.350 e. The Morgan fingerprint density at radius 2 is 1.68 bits per heavy atom. The van der Waals surface area contributed by atoms with Crippen molar-refractivity contribution in [3.63, 3.8) is 0 Å². The third-order valence-electron chi connectivity index (χ3n) is 4.11. The zero-order valence-electron chi connectivity index (χ0n) is 14.1. The smallest absolute Gasteiger partial charge is 0.282 e. The third-order valence-corrected chi connectivity index (χ3v) is 4.99. The van der Waals surface area contributed by atoms with Crippen LogP contribution in [0.4, 0.5) is 24.5 Å². The summed E-state index contributed by atoms with van der Waals surface area (Å²) >= 11 is 1.24. The molecule has 0 atom stereocenters. The fraction of sp³-hybridized carbons (Fsp3) is 0.